The molecule has 3 nitrogen and oxygen atoms in total. The third-order valence-electron chi connectivity index (χ3n) is 4.88. The molecule has 1 saturated carbocycles. The summed E-state index contributed by atoms with van der Waals surface area (Å²) in [5, 5.41) is 15.2. The molecule has 1 unspecified atom stereocenters. The first-order valence-electron chi connectivity index (χ1n) is 8.67. The van der Waals surface area contributed by atoms with E-state index >= 15 is 0 Å². The predicted molar refractivity (Wildman–Crippen MR) is 92.0 cm³/mol. The van der Waals surface area contributed by atoms with Crippen molar-refractivity contribution in [2.75, 3.05) is 0 Å². The van der Waals surface area contributed by atoms with Crippen molar-refractivity contribution in [3.05, 3.63) is 35.0 Å². The van der Waals surface area contributed by atoms with E-state index in [-0.39, 0.29) is 0 Å². The van der Waals surface area contributed by atoms with Crippen LogP contribution in [0.2, 0.25) is 0 Å². The van der Waals surface area contributed by atoms with Gasteiger partial charge in [-0.2, -0.15) is 0 Å². The molecule has 3 N–H and O–H groups in total. The summed E-state index contributed by atoms with van der Waals surface area (Å²) >= 11 is 0. The van der Waals surface area contributed by atoms with Gasteiger partial charge in [0.05, 0.1) is 5.69 Å². The summed E-state index contributed by atoms with van der Waals surface area (Å²) in [6, 6.07) is 6.86. The molecule has 0 bridgehead atoms. The van der Waals surface area contributed by atoms with Crippen LogP contribution in [0.5, 0.6) is 0 Å². The molecule has 1 heterocycles. The number of hydrogen-bond donors (Lipinski definition) is 3. The highest BCUT2D eigenvalue weighted by Gasteiger charge is 2.17. The standard InChI is InChI=1S/C19H28N2O/c1-13-10-14(2)18-15(11-13)12-17(21-18)19(22)20-16-8-6-4-3-5-7-9-16/h10-12,16,19-22H,3-9H2,1-2H3. The SMILES string of the molecule is Cc1cc(C)c2[nH]c(C(O)NC3CCCCCCC3)cc2c1. The molecule has 1 aromatic carbocycles. The molecule has 0 spiro atoms. The number of nitrogens with one attached hydrogen (secondary N) is 2. The quantitative estimate of drug-likeness (QED) is 0.732. The minimum absolute atomic E-state index is 0.435. The number of aliphatic hydroxyl groups is 1. The first-order valence-corrected chi connectivity index (χ1v) is 8.67. The van der Waals surface area contributed by atoms with Gasteiger partial charge in [-0.15, -0.1) is 0 Å². The van der Waals surface area contributed by atoms with Crippen LogP contribution in [0.1, 0.15) is 68.0 Å². The summed E-state index contributed by atoms with van der Waals surface area (Å²) in [5.74, 6) is 0. The van der Waals surface area contributed by atoms with Crippen molar-refractivity contribution in [3.8, 4) is 0 Å². The summed E-state index contributed by atoms with van der Waals surface area (Å²) in [6.07, 6.45) is 8.33. The molecule has 1 atom stereocenters. The summed E-state index contributed by atoms with van der Waals surface area (Å²) in [4.78, 5) is 3.40. The van der Waals surface area contributed by atoms with Crippen LogP contribution in [-0.2, 0) is 0 Å². The van der Waals surface area contributed by atoms with Gasteiger partial charge in [0.25, 0.3) is 0 Å². The number of aromatic amines is 1. The van der Waals surface area contributed by atoms with Gasteiger partial charge in [-0.1, -0.05) is 43.7 Å². The number of aromatic nitrogens is 1. The normalized spacial score (nSPS) is 19.0. The van der Waals surface area contributed by atoms with Crippen molar-refractivity contribution in [1.82, 2.24) is 10.3 Å². The van der Waals surface area contributed by atoms with Gasteiger partial charge < -0.3 is 10.1 Å². The first-order chi connectivity index (χ1) is 10.6. The molecule has 3 rings (SSSR count). The first kappa shape index (κ1) is 15.6. The van der Waals surface area contributed by atoms with Crippen LogP contribution in [0.15, 0.2) is 18.2 Å². The van der Waals surface area contributed by atoms with Gasteiger partial charge in [0.1, 0.15) is 6.23 Å². The summed E-state index contributed by atoms with van der Waals surface area (Å²) < 4.78 is 0. The number of aliphatic hydroxyl groups excluding tert-OH is 1. The van der Waals surface area contributed by atoms with E-state index in [2.05, 4.69) is 42.3 Å². The molecule has 1 aliphatic rings. The molecule has 0 radical (unpaired) electrons. The maximum Gasteiger partial charge on any atom is 0.146 e. The van der Waals surface area contributed by atoms with E-state index in [0.717, 1.165) is 11.2 Å². The Hall–Kier alpha value is -1.32. The van der Waals surface area contributed by atoms with E-state index in [9.17, 15) is 5.11 Å². The minimum Gasteiger partial charge on any atom is -0.373 e. The Morgan fingerprint density at radius 1 is 1.05 bits per heavy atom. The van der Waals surface area contributed by atoms with Gasteiger partial charge >= 0.3 is 0 Å². The third-order valence-corrected chi connectivity index (χ3v) is 4.88. The Morgan fingerprint density at radius 2 is 1.73 bits per heavy atom. The summed E-state index contributed by atoms with van der Waals surface area (Å²) in [6.45, 7) is 4.23. The molecule has 22 heavy (non-hydrogen) atoms. The van der Waals surface area contributed by atoms with Gasteiger partial charge in [0.2, 0.25) is 0 Å². The van der Waals surface area contributed by atoms with Crippen molar-refractivity contribution >= 4 is 10.9 Å². The maximum atomic E-state index is 10.6. The molecule has 120 valence electrons. The van der Waals surface area contributed by atoms with E-state index in [1.54, 1.807) is 0 Å². The van der Waals surface area contributed by atoms with Gasteiger partial charge in [0, 0.05) is 16.9 Å². The number of rotatable bonds is 3. The highest BCUT2D eigenvalue weighted by molar-refractivity contribution is 5.84. The minimum atomic E-state index is -0.600. The van der Waals surface area contributed by atoms with Gasteiger partial charge in [-0.3, -0.25) is 5.32 Å². The average molecular weight is 300 g/mol. The Kier molecular flexibility index (Phi) is 4.84. The van der Waals surface area contributed by atoms with Crippen LogP contribution in [0.4, 0.5) is 0 Å². The van der Waals surface area contributed by atoms with Crippen LogP contribution in [0, 0.1) is 13.8 Å². The van der Waals surface area contributed by atoms with Crippen molar-refractivity contribution in [2.45, 2.75) is 71.1 Å². The van der Waals surface area contributed by atoms with Crippen LogP contribution in [0.25, 0.3) is 10.9 Å². The Bertz CT molecular complexity index is 624. The predicted octanol–water partition coefficient (Wildman–Crippen LogP) is 4.48. The molecule has 1 aliphatic carbocycles. The fraction of sp³-hybridized carbons (Fsp3) is 0.579. The Balaban J connectivity index is 1.73. The number of aryl methyl sites for hydroxylation is 2. The zero-order chi connectivity index (χ0) is 15.5. The largest absolute Gasteiger partial charge is 0.373 e. The monoisotopic (exact) mass is 300 g/mol. The van der Waals surface area contributed by atoms with Crippen LogP contribution in [-0.4, -0.2) is 16.1 Å². The van der Waals surface area contributed by atoms with E-state index < -0.39 is 6.23 Å². The van der Waals surface area contributed by atoms with E-state index in [1.807, 2.05) is 0 Å². The Morgan fingerprint density at radius 3 is 2.45 bits per heavy atom. The fourth-order valence-electron chi connectivity index (χ4n) is 3.72. The second kappa shape index (κ2) is 6.84. The molecule has 1 fully saturated rings. The molecular formula is C19H28N2O. The summed E-state index contributed by atoms with van der Waals surface area (Å²) in [7, 11) is 0. The third kappa shape index (κ3) is 3.53. The maximum absolute atomic E-state index is 10.6. The van der Waals surface area contributed by atoms with Crippen LogP contribution in [0.3, 0.4) is 0 Å². The lowest BCUT2D eigenvalue weighted by Crippen LogP contribution is -2.33. The zero-order valence-corrected chi connectivity index (χ0v) is 13.8. The topological polar surface area (TPSA) is 48.0 Å². The fourth-order valence-corrected chi connectivity index (χ4v) is 3.72. The van der Waals surface area contributed by atoms with E-state index in [1.165, 1.54) is 61.5 Å². The molecule has 0 aliphatic heterocycles. The molecule has 1 aromatic heterocycles. The second-order valence-corrected chi connectivity index (χ2v) is 6.88. The number of fused-ring (bicyclic) bond motifs is 1. The van der Waals surface area contributed by atoms with Crippen molar-refractivity contribution < 1.29 is 5.11 Å². The molecule has 3 heteroatoms. The highest BCUT2D eigenvalue weighted by Crippen LogP contribution is 2.25. The molecule has 0 saturated heterocycles. The number of benzene rings is 1. The average Bonchev–Trinajstić information content (AvgIpc) is 2.85. The van der Waals surface area contributed by atoms with Gasteiger partial charge in [-0.25, -0.2) is 0 Å². The van der Waals surface area contributed by atoms with Gasteiger partial charge in [-0.05, 0) is 44.4 Å². The van der Waals surface area contributed by atoms with Crippen LogP contribution >= 0.6 is 0 Å². The zero-order valence-electron chi connectivity index (χ0n) is 13.8. The van der Waals surface area contributed by atoms with Crippen molar-refractivity contribution in [3.63, 3.8) is 0 Å². The van der Waals surface area contributed by atoms with Crippen molar-refractivity contribution in [1.29, 1.82) is 0 Å². The molecular weight excluding hydrogens is 272 g/mol. The van der Waals surface area contributed by atoms with Crippen LogP contribution < -0.4 is 5.32 Å². The highest BCUT2D eigenvalue weighted by atomic mass is 16.3. The summed E-state index contributed by atoms with van der Waals surface area (Å²) in [5.41, 5.74) is 4.52. The number of H-pyrrole nitrogens is 1. The van der Waals surface area contributed by atoms with Crippen molar-refractivity contribution in [2.24, 2.45) is 0 Å². The lowest BCUT2D eigenvalue weighted by Gasteiger charge is -2.23. The Labute approximate surface area is 133 Å². The van der Waals surface area contributed by atoms with E-state index in [0.29, 0.717) is 6.04 Å². The van der Waals surface area contributed by atoms with E-state index in [4.69, 9.17) is 0 Å². The molecule has 0 amide bonds. The number of hydrogen-bond acceptors (Lipinski definition) is 2. The molecule has 2 aromatic rings. The smallest absolute Gasteiger partial charge is 0.146 e. The lowest BCUT2D eigenvalue weighted by molar-refractivity contribution is 0.113. The van der Waals surface area contributed by atoms with Gasteiger partial charge in [0.15, 0.2) is 0 Å². The second-order valence-electron chi connectivity index (χ2n) is 6.88. The lowest BCUT2D eigenvalue weighted by atomic mass is 9.96.